The molecule has 0 fully saturated rings. The Morgan fingerprint density at radius 1 is 1.38 bits per heavy atom. The third kappa shape index (κ3) is 5.92. The molecule has 10 heteroatoms. The molecule has 1 aromatic heterocycles. The minimum atomic E-state index is -2.98. The SMILES string of the molecule is CCc1cnc(OC/C(=C/Nc2ccc(Cl)c(OC(F)F)c2)N=N)nc1. The summed E-state index contributed by atoms with van der Waals surface area (Å²) in [5.74, 6) is -0.162. The van der Waals surface area contributed by atoms with Gasteiger partial charge in [0.2, 0.25) is 0 Å². The first-order valence-electron chi connectivity index (χ1n) is 7.53. The summed E-state index contributed by atoms with van der Waals surface area (Å²) in [5, 5.41) is 6.20. The van der Waals surface area contributed by atoms with Crippen molar-refractivity contribution < 1.29 is 18.3 Å². The first-order valence-corrected chi connectivity index (χ1v) is 7.90. The third-order valence-corrected chi connectivity index (χ3v) is 3.45. The Kier molecular flexibility index (Phi) is 7.22. The van der Waals surface area contributed by atoms with Crippen molar-refractivity contribution in [2.75, 3.05) is 11.9 Å². The molecule has 7 nitrogen and oxygen atoms in total. The van der Waals surface area contributed by atoms with Crippen LogP contribution in [0.2, 0.25) is 5.02 Å². The fourth-order valence-corrected chi connectivity index (χ4v) is 1.95. The summed E-state index contributed by atoms with van der Waals surface area (Å²) in [4.78, 5) is 8.07. The summed E-state index contributed by atoms with van der Waals surface area (Å²) in [5.41, 5.74) is 8.81. The average molecular weight is 384 g/mol. The second-order valence-corrected chi connectivity index (χ2v) is 5.34. The van der Waals surface area contributed by atoms with Crippen LogP contribution in [0.5, 0.6) is 11.8 Å². The Morgan fingerprint density at radius 3 is 2.73 bits per heavy atom. The molecule has 0 amide bonds. The third-order valence-electron chi connectivity index (χ3n) is 3.14. The van der Waals surface area contributed by atoms with Gasteiger partial charge in [-0.25, -0.2) is 15.5 Å². The van der Waals surface area contributed by atoms with E-state index in [-0.39, 0.29) is 29.1 Å². The summed E-state index contributed by atoms with van der Waals surface area (Å²) in [6.07, 6.45) is 5.51. The van der Waals surface area contributed by atoms with Crippen LogP contribution in [-0.2, 0) is 6.42 Å². The maximum absolute atomic E-state index is 12.3. The van der Waals surface area contributed by atoms with Gasteiger partial charge in [0.1, 0.15) is 18.1 Å². The second-order valence-electron chi connectivity index (χ2n) is 4.93. The minimum Gasteiger partial charge on any atom is -0.457 e. The Morgan fingerprint density at radius 2 is 2.12 bits per heavy atom. The van der Waals surface area contributed by atoms with Crippen LogP contribution in [0.1, 0.15) is 12.5 Å². The standard InChI is InChI=1S/C16H16ClF2N5O2/c1-2-10-6-22-16(23-7-10)25-9-12(24-20)8-21-11-3-4-13(17)14(5-11)26-15(18)19/h3-8,15,20-21H,2,9H2,1H3/b12-8-,24-20?. The van der Waals surface area contributed by atoms with Crippen molar-refractivity contribution in [2.45, 2.75) is 20.0 Å². The first kappa shape index (κ1) is 19.5. The number of anilines is 1. The summed E-state index contributed by atoms with van der Waals surface area (Å²) in [6.45, 7) is -1.04. The molecule has 138 valence electrons. The Hall–Kier alpha value is -2.81. The molecule has 1 aromatic carbocycles. The van der Waals surface area contributed by atoms with Gasteiger partial charge >= 0.3 is 12.6 Å². The summed E-state index contributed by atoms with van der Waals surface area (Å²) >= 11 is 5.79. The van der Waals surface area contributed by atoms with Gasteiger partial charge in [-0.1, -0.05) is 18.5 Å². The molecule has 0 spiro atoms. The van der Waals surface area contributed by atoms with E-state index in [0.29, 0.717) is 5.69 Å². The molecule has 1 heterocycles. The van der Waals surface area contributed by atoms with Crippen molar-refractivity contribution in [1.82, 2.24) is 9.97 Å². The zero-order valence-electron chi connectivity index (χ0n) is 13.7. The maximum Gasteiger partial charge on any atom is 0.387 e. The van der Waals surface area contributed by atoms with Gasteiger partial charge in [-0.3, -0.25) is 0 Å². The van der Waals surface area contributed by atoms with Crippen LogP contribution in [0.3, 0.4) is 0 Å². The van der Waals surface area contributed by atoms with Crippen LogP contribution < -0.4 is 14.8 Å². The van der Waals surface area contributed by atoms with Crippen LogP contribution in [0.15, 0.2) is 47.6 Å². The number of nitrogens with zero attached hydrogens (tertiary/aromatic N) is 3. The average Bonchev–Trinajstić information content (AvgIpc) is 2.64. The molecule has 0 saturated carbocycles. The van der Waals surface area contributed by atoms with Gasteiger partial charge in [0.15, 0.2) is 0 Å². The molecule has 0 atom stereocenters. The normalized spacial score (nSPS) is 11.3. The van der Waals surface area contributed by atoms with Crippen molar-refractivity contribution in [3.8, 4) is 11.8 Å². The van der Waals surface area contributed by atoms with E-state index < -0.39 is 6.61 Å². The molecular formula is C16H16ClF2N5O2. The van der Waals surface area contributed by atoms with Crippen LogP contribution in [-0.4, -0.2) is 23.2 Å². The van der Waals surface area contributed by atoms with Gasteiger partial charge in [0.05, 0.1) is 5.02 Å². The van der Waals surface area contributed by atoms with E-state index in [4.69, 9.17) is 21.9 Å². The van der Waals surface area contributed by atoms with Gasteiger partial charge in [-0.05, 0) is 24.1 Å². The van der Waals surface area contributed by atoms with Gasteiger partial charge in [0, 0.05) is 30.3 Å². The lowest BCUT2D eigenvalue weighted by Crippen LogP contribution is -2.05. The highest BCUT2D eigenvalue weighted by molar-refractivity contribution is 6.32. The first-order chi connectivity index (χ1) is 12.5. The molecule has 0 aliphatic rings. The Balaban J connectivity index is 1.98. The van der Waals surface area contributed by atoms with Gasteiger partial charge in [-0.2, -0.15) is 13.9 Å². The largest absolute Gasteiger partial charge is 0.457 e. The second kappa shape index (κ2) is 9.62. The molecule has 0 aliphatic heterocycles. The number of aromatic nitrogens is 2. The highest BCUT2D eigenvalue weighted by atomic mass is 35.5. The minimum absolute atomic E-state index is 0.0457. The van der Waals surface area contributed by atoms with Gasteiger partial charge < -0.3 is 14.8 Å². The van der Waals surface area contributed by atoms with E-state index in [0.717, 1.165) is 12.0 Å². The fraction of sp³-hybridized carbons (Fsp3) is 0.250. The topological polar surface area (TPSA) is 92.5 Å². The number of rotatable bonds is 9. The molecule has 2 aromatic rings. The zero-order valence-corrected chi connectivity index (χ0v) is 14.5. The number of hydrogen-bond donors (Lipinski definition) is 2. The maximum atomic E-state index is 12.3. The number of ether oxygens (including phenoxy) is 2. The van der Waals surface area contributed by atoms with Gasteiger partial charge in [0.25, 0.3) is 0 Å². The van der Waals surface area contributed by atoms with E-state index in [1.807, 2.05) is 6.92 Å². The lowest BCUT2D eigenvalue weighted by molar-refractivity contribution is -0.0497. The molecule has 26 heavy (non-hydrogen) atoms. The predicted molar refractivity (Wildman–Crippen MR) is 91.8 cm³/mol. The number of alkyl halides is 2. The molecule has 0 unspecified atom stereocenters. The van der Waals surface area contributed by atoms with E-state index in [2.05, 4.69) is 25.1 Å². The molecule has 0 aliphatic carbocycles. The van der Waals surface area contributed by atoms with E-state index in [9.17, 15) is 8.78 Å². The van der Waals surface area contributed by atoms with Crippen LogP contribution in [0.4, 0.5) is 14.5 Å². The van der Waals surface area contributed by atoms with E-state index in [1.165, 1.54) is 18.3 Å². The van der Waals surface area contributed by atoms with Crippen molar-refractivity contribution >= 4 is 17.3 Å². The highest BCUT2D eigenvalue weighted by Gasteiger charge is 2.09. The van der Waals surface area contributed by atoms with Crippen LogP contribution in [0, 0.1) is 5.53 Å². The predicted octanol–water partition coefficient (Wildman–Crippen LogP) is 4.66. The smallest absolute Gasteiger partial charge is 0.387 e. The lowest BCUT2D eigenvalue weighted by Gasteiger charge is -2.09. The van der Waals surface area contributed by atoms with Crippen molar-refractivity contribution in [1.29, 1.82) is 5.53 Å². The molecular weight excluding hydrogens is 368 g/mol. The Labute approximate surface area is 153 Å². The lowest BCUT2D eigenvalue weighted by atomic mass is 10.3. The molecule has 0 bridgehead atoms. The highest BCUT2D eigenvalue weighted by Crippen LogP contribution is 2.29. The quantitative estimate of drug-likeness (QED) is 0.614. The van der Waals surface area contributed by atoms with Crippen molar-refractivity contribution in [3.63, 3.8) is 0 Å². The van der Waals surface area contributed by atoms with E-state index >= 15 is 0 Å². The van der Waals surface area contributed by atoms with Crippen molar-refractivity contribution in [2.24, 2.45) is 5.11 Å². The summed E-state index contributed by atoms with van der Waals surface area (Å²) in [6, 6.07) is 4.44. The molecule has 0 saturated heterocycles. The molecule has 2 N–H and O–H groups in total. The molecule has 0 radical (unpaired) electrons. The van der Waals surface area contributed by atoms with Crippen molar-refractivity contribution in [3.05, 3.63) is 53.1 Å². The number of halogens is 3. The van der Waals surface area contributed by atoms with Crippen LogP contribution in [0.25, 0.3) is 0 Å². The fourth-order valence-electron chi connectivity index (χ4n) is 1.79. The summed E-state index contributed by atoms with van der Waals surface area (Å²) < 4.78 is 34.3. The summed E-state index contributed by atoms with van der Waals surface area (Å²) in [7, 11) is 0. The van der Waals surface area contributed by atoms with E-state index in [1.54, 1.807) is 18.5 Å². The zero-order chi connectivity index (χ0) is 18.9. The molecule has 2 rings (SSSR count). The number of aryl methyl sites for hydroxylation is 1. The number of benzene rings is 1. The number of hydrogen-bond acceptors (Lipinski definition) is 7. The van der Waals surface area contributed by atoms with Gasteiger partial charge in [-0.15, -0.1) is 0 Å². The number of nitrogens with one attached hydrogen (secondary N) is 2. The van der Waals surface area contributed by atoms with Crippen LogP contribution >= 0.6 is 11.6 Å². The monoisotopic (exact) mass is 383 g/mol. The Bertz CT molecular complexity index is 772.